The van der Waals surface area contributed by atoms with Gasteiger partial charge in [-0.15, -0.1) is 0 Å². The number of likely N-dealkylation sites (tertiary alicyclic amines) is 1. The molecule has 5 heteroatoms. The summed E-state index contributed by atoms with van der Waals surface area (Å²) in [5, 5.41) is 0. The fourth-order valence-corrected chi connectivity index (χ4v) is 3.85. The molecule has 4 rings (SSSR count). The van der Waals surface area contributed by atoms with Gasteiger partial charge >= 0.3 is 0 Å². The normalized spacial score (nSPS) is 24.7. The van der Waals surface area contributed by atoms with E-state index in [-0.39, 0.29) is 0 Å². The molecule has 2 aromatic heterocycles. The Labute approximate surface area is 137 Å². The molecule has 2 fully saturated rings. The van der Waals surface area contributed by atoms with Crippen molar-refractivity contribution in [3.8, 4) is 0 Å². The average molecular weight is 309 g/mol. The third kappa shape index (κ3) is 3.06. The summed E-state index contributed by atoms with van der Waals surface area (Å²) in [6.07, 6.45) is 8.25. The van der Waals surface area contributed by atoms with Crippen LogP contribution in [0.5, 0.6) is 0 Å². The number of piperidine rings is 1. The molecule has 0 bridgehead atoms. The minimum absolute atomic E-state index is 0.593. The molecule has 0 aliphatic carbocycles. The quantitative estimate of drug-likeness (QED) is 0.870. The van der Waals surface area contributed by atoms with Crippen LogP contribution in [0.3, 0.4) is 0 Å². The summed E-state index contributed by atoms with van der Waals surface area (Å²) in [6.45, 7) is 6.25. The number of aryl methyl sites for hydroxylation is 1. The molecule has 2 aromatic rings. The fourth-order valence-electron chi connectivity index (χ4n) is 3.85. The molecule has 2 atom stereocenters. The van der Waals surface area contributed by atoms with Crippen LogP contribution in [0, 0.1) is 12.8 Å². The summed E-state index contributed by atoms with van der Waals surface area (Å²) in [4.78, 5) is 18.4. The Kier molecular flexibility index (Phi) is 3.95. The maximum Gasteiger partial charge on any atom is 0.225 e. The van der Waals surface area contributed by atoms with Crippen LogP contribution < -0.4 is 4.90 Å². The summed E-state index contributed by atoms with van der Waals surface area (Å²) in [6, 6.07) is 6.77. The first kappa shape index (κ1) is 14.6. The van der Waals surface area contributed by atoms with E-state index in [0.29, 0.717) is 6.04 Å². The summed E-state index contributed by atoms with van der Waals surface area (Å²) >= 11 is 0. The van der Waals surface area contributed by atoms with E-state index in [4.69, 9.17) is 0 Å². The van der Waals surface area contributed by atoms with Crippen LogP contribution in [0.4, 0.5) is 5.95 Å². The highest BCUT2D eigenvalue weighted by Crippen LogP contribution is 2.33. The maximum atomic E-state index is 4.51. The Hall–Kier alpha value is -2.01. The van der Waals surface area contributed by atoms with Crippen LogP contribution >= 0.6 is 0 Å². The number of hydrogen-bond acceptors (Lipinski definition) is 5. The highest BCUT2D eigenvalue weighted by molar-refractivity contribution is 5.31. The lowest BCUT2D eigenvalue weighted by molar-refractivity contribution is 0.198. The Morgan fingerprint density at radius 1 is 1.09 bits per heavy atom. The molecule has 0 saturated carbocycles. The summed E-state index contributed by atoms with van der Waals surface area (Å²) < 4.78 is 0. The van der Waals surface area contributed by atoms with Gasteiger partial charge in [-0.1, -0.05) is 6.07 Å². The van der Waals surface area contributed by atoms with Gasteiger partial charge in [0.15, 0.2) is 0 Å². The van der Waals surface area contributed by atoms with Crippen LogP contribution in [0.15, 0.2) is 36.8 Å². The maximum absolute atomic E-state index is 4.51. The first-order valence-corrected chi connectivity index (χ1v) is 8.47. The Morgan fingerprint density at radius 3 is 2.70 bits per heavy atom. The minimum Gasteiger partial charge on any atom is -0.339 e. The molecule has 0 spiro atoms. The highest BCUT2D eigenvalue weighted by Gasteiger charge is 2.38. The van der Waals surface area contributed by atoms with Crippen molar-refractivity contribution in [3.05, 3.63) is 48.0 Å². The van der Waals surface area contributed by atoms with Crippen LogP contribution in [0.25, 0.3) is 0 Å². The van der Waals surface area contributed by atoms with Gasteiger partial charge in [0.05, 0.1) is 5.69 Å². The Morgan fingerprint density at radius 2 is 1.91 bits per heavy atom. The lowest BCUT2D eigenvalue weighted by atomic mass is 9.92. The van der Waals surface area contributed by atoms with E-state index in [1.165, 1.54) is 19.4 Å². The molecule has 2 saturated heterocycles. The van der Waals surface area contributed by atoms with Crippen LogP contribution in [0.1, 0.15) is 24.1 Å². The zero-order valence-corrected chi connectivity index (χ0v) is 13.6. The SMILES string of the molecule is Cc1cnc(N2CCC3CCN(Cc4ccccn4)C3C2)nc1. The molecule has 0 amide bonds. The second kappa shape index (κ2) is 6.24. The van der Waals surface area contributed by atoms with E-state index in [9.17, 15) is 0 Å². The highest BCUT2D eigenvalue weighted by atomic mass is 15.3. The monoisotopic (exact) mass is 309 g/mol. The summed E-state index contributed by atoms with van der Waals surface area (Å²) in [5.41, 5.74) is 2.28. The predicted molar refractivity (Wildman–Crippen MR) is 90.1 cm³/mol. The van der Waals surface area contributed by atoms with E-state index < -0.39 is 0 Å². The molecule has 5 nitrogen and oxygen atoms in total. The number of pyridine rings is 1. The van der Waals surface area contributed by atoms with E-state index in [0.717, 1.165) is 42.8 Å². The molecule has 0 aromatic carbocycles. The van der Waals surface area contributed by atoms with Gasteiger partial charge in [0.1, 0.15) is 0 Å². The number of aromatic nitrogens is 3. The third-order valence-corrected chi connectivity index (χ3v) is 5.12. The molecule has 2 aliphatic heterocycles. The van der Waals surface area contributed by atoms with Crippen molar-refractivity contribution in [3.63, 3.8) is 0 Å². The fraction of sp³-hybridized carbons (Fsp3) is 0.500. The molecule has 2 unspecified atom stereocenters. The van der Waals surface area contributed by atoms with Gasteiger partial charge in [-0.3, -0.25) is 9.88 Å². The number of nitrogens with zero attached hydrogens (tertiary/aromatic N) is 5. The van der Waals surface area contributed by atoms with Crippen molar-refractivity contribution in [2.75, 3.05) is 24.5 Å². The first-order chi connectivity index (χ1) is 11.3. The topological polar surface area (TPSA) is 45.2 Å². The van der Waals surface area contributed by atoms with Gasteiger partial charge in [-0.25, -0.2) is 9.97 Å². The minimum atomic E-state index is 0.593. The zero-order chi connectivity index (χ0) is 15.6. The molecule has 120 valence electrons. The molecule has 23 heavy (non-hydrogen) atoms. The Bertz CT molecular complexity index is 642. The molecular weight excluding hydrogens is 286 g/mol. The van der Waals surface area contributed by atoms with Crippen molar-refractivity contribution >= 4 is 5.95 Å². The van der Waals surface area contributed by atoms with Gasteiger partial charge in [0.2, 0.25) is 5.95 Å². The van der Waals surface area contributed by atoms with Gasteiger partial charge in [0.25, 0.3) is 0 Å². The third-order valence-electron chi connectivity index (χ3n) is 5.12. The Balaban J connectivity index is 1.47. The molecule has 4 heterocycles. The molecular formula is C18H23N5. The standard InChI is InChI=1S/C18H23N5/c1-14-10-20-18(21-11-14)23-9-6-15-5-8-22(17(15)13-23)12-16-4-2-3-7-19-16/h2-4,7,10-11,15,17H,5-6,8-9,12-13H2,1H3. The molecule has 2 aliphatic rings. The first-order valence-electron chi connectivity index (χ1n) is 8.47. The van der Waals surface area contributed by atoms with E-state index in [1.807, 2.05) is 31.6 Å². The van der Waals surface area contributed by atoms with E-state index in [2.05, 4.69) is 36.9 Å². The predicted octanol–water partition coefficient (Wildman–Crippen LogP) is 2.28. The van der Waals surface area contributed by atoms with E-state index in [1.54, 1.807) is 0 Å². The van der Waals surface area contributed by atoms with Crippen molar-refractivity contribution in [1.29, 1.82) is 0 Å². The van der Waals surface area contributed by atoms with Crippen molar-refractivity contribution in [2.24, 2.45) is 5.92 Å². The van der Waals surface area contributed by atoms with Gasteiger partial charge in [-0.2, -0.15) is 0 Å². The second-order valence-electron chi connectivity index (χ2n) is 6.70. The number of anilines is 1. The smallest absolute Gasteiger partial charge is 0.225 e. The van der Waals surface area contributed by atoms with Crippen LogP contribution in [-0.4, -0.2) is 45.5 Å². The van der Waals surface area contributed by atoms with E-state index >= 15 is 0 Å². The summed E-state index contributed by atoms with van der Waals surface area (Å²) in [7, 11) is 0. The van der Waals surface area contributed by atoms with Crippen molar-refractivity contribution in [1.82, 2.24) is 19.9 Å². The lowest BCUT2D eigenvalue weighted by Crippen LogP contribution is -2.48. The second-order valence-corrected chi connectivity index (χ2v) is 6.70. The number of rotatable bonds is 3. The van der Waals surface area contributed by atoms with Crippen LogP contribution in [-0.2, 0) is 6.54 Å². The van der Waals surface area contributed by atoms with Crippen molar-refractivity contribution < 1.29 is 0 Å². The largest absolute Gasteiger partial charge is 0.339 e. The zero-order valence-electron chi connectivity index (χ0n) is 13.6. The number of hydrogen-bond donors (Lipinski definition) is 0. The average Bonchev–Trinajstić information content (AvgIpc) is 2.99. The van der Waals surface area contributed by atoms with Gasteiger partial charge in [-0.05, 0) is 49.9 Å². The summed E-state index contributed by atoms with van der Waals surface area (Å²) in [5.74, 6) is 1.68. The number of fused-ring (bicyclic) bond motifs is 1. The van der Waals surface area contributed by atoms with Crippen LogP contribution in [0.2, 0.25) is 0 Å². The van der Waals surface area contributed by atoms with Gasteiger partial charge < -0.3 is 4.90 Å². The van der Waals surface area contributed by atoms with Gasteiger partial charge in [0, 0.05) is 44.3 Å². The lowest BCUT2D eigenvalue weighted by Gasteiger charge is -2.38. The molecule has 0 N–H and O–H groups in total. The molecule has 0 radical (unpaired) electrons. The van der Waals surface area contributed by atoms with Crippen molar-refractivity contribution in [2.45, 2.75) is 32.4 Å².